The highest BCUT2D eigenvalue weighted by molar-refractivity contribution is 6.04. The number of hydrogen-bond acceptors (Lipinski definition) is 8. The number of ether oxygens (including phenoxy) is 2. The van der Waals surface area contributed by atoms with Crippen molar-refractivity contribution in [1.82, 2.24) is 5.01 Å². The number of Topliss-reactive ketones (excluding diaryl/α,β-unsaturated/α-hetero) is 1. The van der Waals surface area contributed by atoms with E-state index in [2.05, 4.69) is 38.9 Å². The molecule has 1 aliphatic heterocycles. The van der Waals surface area contributed by atoms with Crippen LogP contribution in [0, 0.1) is 57.2 Å². The number of nitrogens with zero attached hydrogens (tertiary/aromatic N) is 2. The lowest BCUT2D eigenvalue weighted by Gasteiger charge is -2.61. The number of ketones is 2. The van der Waals surface area contributed by atoms with Crippen molar-refractivity contribution in [3.8, 4) is 0 Å². The minimum atomic E-state index is -0.865. The maximum Gasteiger partial charge on any atom is 0.306 e. The van der Waals surface area contributed by atoms with Crippen LogP contribution in [-0.2, 0) is 28.7 Å². The van der Waals surface area contributed by atoms with Gasteiger partial charge in [-0.1, -0.05) is 33.8 Å². The fraction of sp³-hybridized carbons (Fsp3) is 0.757. The highest BCUT2D eigenvalue weighted by atomic mass is 16.6. The molecule has 0 radical (unpaired) electrons. The molecule has 0 aromatic heterocycles. The molecule has 8 heteroatoms. The number of hydrazone groups is 1. The number of rotatable bonds is 6. The fourth-order valence-corrected chi connectivity index (χ4v) is 12.3. The molecule has 45 heavy (non-hydrogen) atoms. The normalized spacial score (nSPS) is 47.1. The Balaban J connectivity index is 1.34. The Hall–Kier alpha value is -2.77. The van der Waals surface area contributed by atoms with Gasteiger partial charge in [0.1, 0.15) is 6.10 Å². The number of carbonyl (C=O) groups excluding carboxylic acids is 4. The molecule has 246 valence electrons. The van der Waals surface area contributed by atoms with Crippen LogP contribution in [0.1, 0.15) is 93.4 Å². The third kappa shape index (κ3) is 4.32. The number of carbonyl (C=O) groups is 4. The van der Waals surface area contributed by atoms with E-state index in [-0.39, 0.29) is 75.4 Å². The Morgan fingerprint density at radius 3 is 2.44 bits per heavy atom. The van der Waals surface area contributed by atoms with Gasteiger partial charge in [-0.2, -0.15) is 5.10 Å². The number of hydrogen-bond donors (Lipinski definition) is 0. The van der Waals surface area contributed by atoms with Crippen molar-refractivity contribution < 1.29 is 28.7 Å². The monoisotopic (exact) mass is 620 g/mol. The molecule has 2 spiro atoms. The predicted molar refractivity (Wildman–Crippen MR) is 171 cm³/mol. The van der Waals surface area contributed by atoms with E-state index in [0.29, 0.717) is 29.7 Å². The van der Waals surface area contributed by atoms with E-state index in [1.807, 2.05) is 27.1 Å². The van der Waals surface area contributed by atoms with Crippen LogP contribution in [0.5, 0.6) is 0 Å². The zero-order valence-corrected chi connectivity index (χ0v) is 28.6. The van der Waals surface area contributed by atoms with Crippen LogP contribution in [0.4, 0.5) is 0 Å². The van der Waals surface area contributed by atoms with Gasteiger partial charge in [-0.25, -0.2) is 0 Å². The lowest BCUT2D eigenvalue weighted by molar-refractivity contribution is -0.171. The van der Waals surface area contributed by atoms with Gasteiger partial charge in [-0.3, -0.25) is 19.2 Å². The van der Waals surface area contributed by atoms with Crippen molar-refractivity contribution in [3.63, 3.8) is 0 Å². The van der Waals surface area contributed by atoms with Crippen LogP contribution in [0.15, 0.2) is 28.4 Å². The Morgan fingerprint density at radius 2 is 1.78 bits per heavy atom. The van der Waals surface area contributed by atoms with Crippen LogP contribution >= 0.6 is 0 Å². The first-order valence-electron chi connectivity index (χ1n) is 17.1. The van der Waals surface area contributed by atoms with Crippen molar-refractivity contribution in [2.75, 3.05) is 14.1 Å². The minimum absolute atomic E-state index is 0.0574. The summed E-state index contributed by atoms with van der Waals surface area (Å²) in [6.45, 7) is 14.4. The van der Waals surface area contributed by atoms with Crippen LogP contribution < -0.4 is 0 Å². The van der Waals surface area contributed by atoms with Gasteiger partial charge in [0.2, 0.25) is 0 Å². The Kier molecular flexibility index (Phi) is 7.60. The molecule has 0 N–H and O–H groups in total. The van der Waals surface area contributed by atoms with Crippen molar-refractivity contribution >= 4 is 29.7 Å². The molecule has 6 aliphatic rings. The van der Waals surface area contributed by atoms with Crippen molar-refractivity contribution in [2.24, 2.45) is 62.3 Å². The van der Waals surface area contributed by atoms with Gasteiger partial charge in [0.25, 0.3) is 0 Å². The molecule has 1 saturated heterocycles. The van der Waals surface area contributed by atoms with Crippen molar-refractivity contribution in [3.05, 3.63) is 23.3 Å². The molecule has 0 amide bonds. The van der Waals surface area contributed by atoms with Crippen LogP contribution in [0.2, 0.25) is 0 Å². The van der Waals surface area contributed by atoms with E-state index in [1.54, 1.807) is 18.1 Å². The maximum absolute atomic E-state index is 13.7. The molecule has 4 saturated carbocycles. The van der Waals surface area contributed by atoms with Gasteiger partial charge in [0, 0.05) is 50.3 Å². The topological polar surface area (TPSA) is 102 Å². The average Bonchev–Trinajstić information content (AvgIpc) is 3.41. The van der Waals surface area contributed by atoms with Crippen LogP contribution in [-0.4, -0.2) is 61.0 Å². The second-order valence-electron chi connectivity index (χ2n) is 16.1. The van der Waals surface area contributed by atoms with Gasteiger partial charge in [0.15, 0.2) is 17.7 Å². The molecule has 0 aromatic rings. The zero-order chi connectivity index (χ0) is 32.9. The largest absolute Gasteiger partial charge is 0.462 e. The summed E-state index contributed by atoms with van der Waals surface area (Å²) in [6.07, 6.45) is 10.2. The summed E-state index contributed by atoms with van der Waals surface area (Å²) in [5, 5.41) is 5.93. The number of esters is 2. The quantitative estimate of drug-likeness (QED) is 0.157. The Labute approximate surface area is 268 Å². The molecule has 5 aliphatic carbocycles. The summed E-state index contributed by atoms with van der Waals surface area (Å²) >= 11 is 0. The van der Waals surface area contributed by atoms with Crippen LogP contribution in [0.25, 0.3) is 0 Å². The van der Waals surface area contributed by atoms with Gasteiger partial charge >= 0.3 is 11.9 Å². The lowest BCUT2D eigenvalue weighted by Crippen LogP contribution is -2.56. The maximum atomic E-state index is 13.7. The standard InChI is InChI=1S/C37H52N2O6/c1-20(19-38-39(8)9)21(2)33(43)28-16-25(17-31(42)45-28)32-29(44-24(5)40)18-35(7)30-11-10-26-22(3)27(41)12-13-36(26)23(4)37(30,36)15-14-34(32,35)6/h12-13,19,22-23,25-26,28-30,32H,10-11,14-18H2,1-9H3/b21-20+,38-19+/t22-,23?,25-,26-,28+,29-,30-,32-,34+,35-,36?,37?/m0/s1. The van der Waals surface area contributed by atoms with E-state index in [4.69, 9.17) is 9.47 Å². The van der Waals surface area contributed by atoms with Gasteiger partial charge in [-0.05, 0) is 104 Å². The molecule has 0 aromatic carbocycles. The average molecular weight is 621 g/mol. The molecule has 12 atom stereocenters. The predicted octanol–water partition coefficient (Wildman–Crippen LogP) is 5.94. The molecule has 1 heterocycles. The molecule has 6 rings (SSSR count). The molecule has 0 bridgehead atoms. The van der Waals surface area contributed by atoms with Crippen molar-refractivity contribution in [1.29, 1.82) is 0 Å². The molecular formula is C37H52N2O6. The number of fused-ring (bicyclic) bond motifs is 2. The van der Waals surface area contributed by atoms with E-state index in [9.17, 15) is 19.2 Å². The third-order valence-corrected chi connectivity index (χ3v) is 14.5. The zero-order valence-electron chi connectivity index (χ0n) is 28.6. The molecule has 3 unspecified atom stereocenters. The highest BCUT2D eigenvalue weighted by Gasteiger charge is 2.85. The number of cyclic esters (lactones) is 1. The van der Waals surface area contributed by atoms with Crippen molar-refractivity contribution in [2.45, 2.75) is 106 Å². The third-order valence-electron chi connectivity index (χ3n) is 14.5. The van der Waals surface area contributed by atoms with E-state index in [1.165, 1.54) is 6.92 Å². The van der Waals surface area contributed by atoms with Gasteiger partial charge in [-0.15, -0.1) is 0 Å². The second-order valence-corrected chi connectivity index (χ2v) is 16.1. The summed E-state index contributed by atoms with van der Waals surface area (Å²) in [5.41, 5.74) is 1.17. The Morgan fingerprint density at radius 1 is 1.07 bits per heavy atom. The summed E-state index contributed by atoms with van der Waals surface area (Å²) in [4.78, 5) is 52.3. The molecular weight excluding hydrogens is 568 g/mol. The van der Waals surface area contributed by atoms with E-state index in [0.717, 1.165) is 37.7 Å². The SMILES string of the molecule is CC(=O)O[C@H]1C[C@@]2(C)[C@@H]3CC[C@H]4[C@H](C)C(=O)C=CC45C(C)C35CC[C@]2(C)[C@H]1[C@@H]1CC(=O)O[C@@H](C(=O)/C(C)=C(C)/C=N/N(C)C)C1. The second kappa shape index (κ2) is 10.6. The lowest BCUT2D eigenvalue weighted by atomic mass is 9.43. The molecule has 5 fully saturated rings. The first kappa shape index (κ1) is 32.2. The summed E-state index contributed by atoms with van der Waals surface area (Å²) in [6, 6.07) is 0. The summed E-state index contributed by atoms with van der Waals surface area (Å²) in [5.74, 6) is 0.606. The summed E-state index contributed by atoms with van der Waals surface area (Å²) in [7, 11) is 3.64. The van der Waals surface area contributed by atoms with E-state index < -0.39 is 6.10 Å². The van der Waals surface area contributed by atoms with Gasteiger partial charge in [0.05, 0.1) is 6.21 Å². The van der Waals surface area contributed by atoms with Crippen LogP contribution in [0.3, 0.4) is 0 Å². The highest BCUT2D eigenvalue weighted by Crippen LogP contribution is 2.89. The van der Waals surface area contributed by atoms with E-state index >= 15 is 0 Å². The first-order chi connectivity index (χ1) is 21.0. The number of allylic oxidation sites excluding steroid dienone is 3. The molecule has 8 nitrogen and oxygen atoms in total. The summed E-state index contributed by atoms with van der Waals surface area (Å²) < 4.78 is 11.9. The van der Waals surface area contributed by atoms with Gasteiger partial charge < -0.3 is 14.5 Å². The minimum Gasteiger partial charge on any atom is -0.462 e. The first-order valence-corrected chi connectivity index (χ1v) is 17.1. The fourth-order valence-electron chi connectivity index (χ4n) is 12.3. The Bertz CT molecular complexity index is 1410. The smallest absolute Gasteiger partial charge is 0.306 e.